The zero-order valence-electron chi connectivity index (χ0n) is 40.2. The molecule has 1 aromatic carbocycles. The number of phenolic OH excluding ortho intramolecular Hbond substituents is 1. The van der Waals surface area contributed by atoms with E-state index in [1.807, 2.05) is 17.0 Å². The highest BCUT2D eigenvalue weighted by Crippen LogP contribution is 2.20. The second kappa shape index (κ2) is 45.7. The number of phenols is 1. The van der Waals surface area contributed by atoms with Crippen LogP contribution in [0, 0.1) is 0 Å². The molecular formula is C54H103NO5. The van der Waals surface area contributed by atoms with Gasteiger partial charge in [0.1, 0.15) is 5.75 Å². The Hall–Kier alpha value is -1.34. The minimum absolute atomic E-state index is 0.200. The third-order valence-electron chi connectivity index (χ3n) is 12.5. The minimum Gasteiger partial charge on any atom is -0.508 e. The highest BCUT2D eigenvalue weighted by Gasteiger charge is 2.17. The van der Waals surface area contributed by atoms with Crippen molar-refractivity contribution in [2.75, 3.05) is 44.4 Å². The fourth-order valence-corrected chi connectivity index (χ4v) is 8.57. The van der Waals surface area contributed by atoms with Crippen LogP contribution in [0.15, 0.2) is 24.3 Å². The first-order valence-corrected chi connectivity index (χ1v) is 26.6. The van der Waals surface area contributed by atoms with E-state index in [0.29, 0.717) is 26.3 Å². The number of benzene rings is 1. The molecule has 2 atom stereocenters. The van der Waals surface area contributed by atoms with Crippen molar-refractivity contribution in [1.29, 1.82) is 0 Å². The van der Waals surface area contributed by atoms with Crippen LogP contribution >= 0.6 is 0 Å². The van der Waals surface area contributed by atoms with Gasteiger partial charge in [-0.2, -0.15) is 0 Å². The first kappa shape index (κ1) is 56.7. The molecule has 6 nitrogen and oxygen atoms in total. The second-order valence-electron chi connectivity index (χ2n) is 18.6. The predicted octanol–water partition coefficient (Wildman–Crippen LogP) is 15.8. The Bertz CT molecular complexity index is 906. The van der Waals surface area contributed by atoms with Gasteiger partial charge in [-0.05, 0) is 37.1 Å². The average Bonchev–Trinajstić information content (AvgIpc) is 3.24. The van der Waals surface area contributed by atoms with Crippen molar-refractivity contribution in [2.45, 2.75) is 270 Å². The van der Waals surface area contributed by atoms with Crippen LogP contribution in [-0.2, 0) is 9.47 Å². The van der Waals surface area contributed by atoms with Crippen LogP contribution in [0.5, 0.6) is 5.75 Å². The number of hydrogen-bond acceptors (Lipinski definition) is 6. The van der Waals surface area contributed by atoms with Gasteiger partial charge in [0.15, 0.2) is 0 Å². The Balaban J connectivity index is 2.01. The van der Waals surface area contributed by atoms with Crippen LogP contribution in [0.2, 0.25) is 0 Å². The number of hydrogen-bond donors (Lipinski definition) is 3. The third-order valence-corrected chi connectivity index (χ3v) is 12.5. The van der Waals surface area contributed by atoms with Crippen molar-refractivity contribution in [2.24, 2.45) is 0 Å². The van der Waals surface area contributed by atoms with E-state index in [4.69, 9.17) is 9.47 Å². The van der Waals surface area contributed by atoms with Gasteiger partial charge in [0, 0.05) is 32.0 Å². The minimum atomic E-state index is -0.670. The third kappa shape index (κ3) is 39.5. The number of aliphatic hydroxyl groups is 2. The summed E-state index contributed by atoms with van der Waals surface area (Å²) < 4.78 is 11.7. The summed E-state index contributed by atoms with van der Waals surface area (Å²) in [4.78, 5) is 1.97. The smallest absolute Gasteiger partial charge is 0.115 e. The Morgan fingerprint density at radius 2 is 0.600 bits per heavy atom. The normalized spacial score (nSPS) is 12.7. The standard InChI is InChI=1S/C54H103NO5/c1-3-5-7-9-11-13-15-17-19-21-23-25-27-29-31-33-35-37-39-45-59-49-53(57)47-55(51-41-43-52(56)44-42-51)48-54(58)50-60-46-40-38-36-34-32-30-28-26-24-22-20-18-16-14-12-10-8-6-4-2/h41-44,53-54,56-58H,3-40,45-50H2,1-2H3. The first-order chi connectivity index (χ1) is 29.6. The highest BCUT2D eigenvalue weighted by molar-refractivity contribution is 5.49. The number of nitrogens with zero attached hydrogens (tertiary/aromatic N) is 1. The number of aromatic hydroxyl groups is 1. The summed E-state index contributed by atoms with van der Waals surface area (Å²) in [5.41, 5.74) is 0.850. The maximum Gasteiger partial charge on any atom is 0.115 e. The van der Waals surface area contributed by atoms with Crippen molar-refractivity contribution >= 4 is 5.69 Å². The molecular weight excluding hydrogens is 743 g/mol. The predicted molar refractivity (Wildman–Crippen MR) is 261 cm³/mol. The van der Waals surface area contributed by atoms with Crippen molar-refractivity contribution in [3.05, 3.63) is 24.3 Å². The Morgan fingerprint density at radius 1 is 0.367 bits per heavy atom. The molecule has 60 heavy (non-hydrogen) atoms. The van der Waals surface area contributed by atoms with Gasteiger partial charge in [0.25, 0.3) is 0 Å². The monoisotopic (exact) mass is 846 g/mol. The number of anilines is 1. The van der Waals surface area contributed by atoms with Crippen LogP contribution < -0.4 is 4.90 Å². The van der Waals surface area contributed by atoms with E-state index < -0.39 is 12.2 Å². The molecule has 0 spiro atoms. The molecule has 0 aliphatic rings. The zero-order valence-corrected chi connectivity index (χ0v) is 40.2. The lowest BCUT2D eigenvalue weighted by Crippen LogP contribution is -2.41. The van der Waals surface area contributed by atoms with Gasteiger partial charge in [0.05, 0.1) is 25.4 Å². The van der Waals surface area contributed by atoms with Gasteiger partial charge in [-0.1, -0.05) is 245 Å². The summed E-state index contributed by atoms with van der Waals surface area (Å²) in [6, 6.07) is 6.95. The number of ether oxygens (including phenoxy) is 2. The SMILES string of the molecule is CCCCCCCCCCCCCCCCCCCCCOCC(O)CN(CC(O)COCCCCCCCCCCCCCCCCCCCCC)c1ccc(O)cc1. The van der Waals surface area contributed by atoms with Crippen molar-refractivity contribution in [1.82, 2.24) is 0 Å². The van der Waals surface area contributed by atoms with E-state index in [1.54, 1.807) is 12.1 Å². The first-order valence-electron chi connectivity index (χ1n) is 26.6. The average molecular weight is 846 g/mol. The molecule has 0 fully saturated rings. The maximum absolute atomic E-state index is 10.8. The van der Waals surface area contributed by atoms with E-state index in [2.05, 4.69) is 13.8 Å². The van der Waals surface area contributed by atoms with Crippen molar-refractivity contribution in [3.63, 3.8) is 0 Å². The molecule has 0 amide bonds. The largest absolute Gasteiger partial charge is 0.508 e. The quantitative estimate of drug-likeness (QED) is 0.0567. The lowest BCUT2D eigenvalue weighted by atomic mass is 10.0. The van der Waals surface area contributed by atoms with Crippen LogP contribution in [0.3, 0.4) is 0 Å². The second-order valence-corrected chi connectivity index (χ2v) is 18.6. The van der Waals surface area contributed by atoms with Gasteiger partial charge in [0.2, 0.25) is 0 Å². The van der Waals surface area contributed by atoms with Crippen molar-refractivity contribution < 1.29 is 24.8 Å². The Kier molecular flexibility index (Phi) is 43.1. The summed E-state index contributed by atoms with van der Waals surface area (Å²) in [5, 5.41) is 31.5. The lowest BCUT2D eigenvalue weighted by molar-refractivity contribution is 0.0284. The molecule has 0 saturated carbocycles. The molecule has 1 rings (SSSR count). The van der Waals surface area contributed by atoms with E-state index in [9.17, 15) is 15.3 Å². The van der Waals surface area contributed by atoms with Crippen LogP contribution in [-0.4, -0.2) is 67.0 Å². The van der Waals surface area contributed by atoms with Gasteiger partial charge < -0.3 is 29.7 Å². The molecule has 3 N–H and O–H groups in total. The van der Waals surface area contributed by atoms with Crippen molar-refractivity contribution in [3.8, 4) is 5.75 Å². The summed E-state index contributed by atoms with van der Waals surface area (Å²) in [7, 11) is 0. The molecule has 2 unspecified atom stereocenters. The molecule has 0 bridgehead atoms. The fraction of sp³-hybridized carbons (Fsp3) is 0.889. The Morgan fingerprint density at radius 3 is 0.850 bits per heavy atom. The molecule has 0 radical (unpaired) electrons. The zero-order chi connectivity index (χ0) is 43.2. The summed E-state index contributed by atoms with van der Waals surface area (Å²) >= 11 is 0. The van der Waals surface area contributed by atoms with E-state index in [0.717, 1.165) is 18.5 Å². The summed E-state index contributed by atoms with van der Waals surface area (Å²) in [6.45, 7) is 7.18. The molecule has 0 aromatic heterocycles. The molecule has 0 aliphatic heterocycles. The number of unbranched alkanes of at least 4 members (excludes halogenated alkanes) is 36. The molecule has 0 saturated heterocycles. The molecule has 0 heterocycles. The molecule has 6 heteroatoms. The van der Waals surface area contributed by atoms with Gasteiger partial charge >= 0.3 is 0 Å². The van der Waals surface area contributed by atoms with E-state index in [1.165, 1.54) is 231 Å². The fourth-order valence-electron chi connectivity index (χ4n) is 8.57. The number of rotatable bonds is 49. The summed E-state index contributed by atoms with van der Waals surface area (Å²) in [6.07, 6.45) is 50.6. The van der Waals surface area contributed by atoms with Gasteiger partial charge in [-0.25, -0.2) is 0 Å². The molecule has 0 aliphatic carbocycles. The summed E-state index contributed by atoms with van der Waals surface area (Å²) in [5.74, 6) is 0.200. The molecule has 354 valence electrons. The van der Waals surface area contributed by atoms with Crippen LogP contribution in [0.25, 0.3) is 0 Å². The van der Waals surface area contributed by atoms with E-state index in [-0.39, 0.29) is 19.0 Å². The lowest BCUT2D eigenvalue weighted by Gasteiger charge is -2.29. The van der Waals surface area contributed by atoms with Crippen LogP contribution in [0.1, 0.15) is 258 Å². The number of aliphatic hydroxyl groups excluding tert-OH is 2. The van der Waals surface area contributed by atoms with Crippen LogP contribution in [0.4, 0.5) is 5.69 Å². The Labute approximate surface area is 373 Å². The van der Waals surface area contributed by atoms with E-state index >= 15 is 0 Å². The highest BCUT2D eigenvalue weighted by atomic mass is 16.5. The van der Waals surface area contributed by atoms with Gasteiger partial charge in [-0.3, -0.25) is 0 Å². The van der Waals surface area contributed by atoms with Gasteiger partial charge in [-0.15, -0.1) is 0 Å². The topological polar surface area (TPSA) is 82.4 Å². The molecule has 1 aromatic rings. The maximum atomic E-state index is 10.8.